The molecule has 1 aliphatic heterocycles. The van der Waals surface area contributed by atoms with E-state index in [1.807, 2.05) is 0 Å². The highest BCUT2D eigenvalue weighted by Gasteiger charge is 2.48. The molecule has 0 aromatic heterocycles. The molecule has 1 rings (SSSR count). The number of amides is 1. The monoisotopic (exact) mass is 265 g/mol. The van der Waals surface area contributed by atoms with Crippen LogP contribution < -0.4 is 0 Å². The molecule has 1 fully saturated rings. The first-order valence-corrected chi connectivity index (χ1v) is 5.43. The van der Waals surface area contributed by atoms with Gasteiger partial charge < -0.3 is 10.0 Å². The molecule has 0 spiro atoms. The summed E-state index contributed by atoms with van der Waals surface area (Å²) in [5, 5.41) is 9.16. The first-order chi connectivity index (χ1) is 8.23. The van der Waals surface area contributed by atoms with E-state index in [9.17, 15) is 22.8 Å². The maximum absolute atomic E-state index is 12.3. The lowest BCUT2D eigenvalue weighted by Crippen LogP contribution is -2.53. The highest BCUT2D eigenvalue weighted by Crippen LogP contribution is 2.35. The minimum atomic E-state index is -4.96. The van der Waals surface area contributed by atoms with Crippen molar-refractivity contribution < 1.29 is 27.9 Å². The van der Waals surface area contributed by atoms with E-state index in [0.717, 1.165) is 0 Å². The Morgan fingerprint density at radius 2 is 2.06 bits per heavy atom. The fourth-order valence-electron chi connectivity index (χ4n) is 2.19. The van der Waals surface area contributed by atoms with Crippen LogP contribution in [0, 0.1) is 5.41 Å². The van der Waals surface area contributed by atoms with Crippen molar-refractivity contribution in [1.29, 1.82) is 0 Å². The minimum absolute atomic E-state index is 0.0456. The Kier molecular flexibility index (Phi) is 4.03. The normalized spacial score (nSPS) is 24.7. The number of hydrogen-bond donors (Lipinski definition) is 1. The Morgan fingerprint density at radius 1 is 1.44 bits per heavy atom. The second kappa shape index (κ2) is 4.99. The number of aliphatic carboxylic acids is 1. The van der Waals surface area contributed by atoms with E-state index >= 15 is 0 Å². The molecule has 0 aromatic carbocycles. The smallest absolute Gasteiger partial charge is 0.471 e. The third-order valence-electron chi connectivity index (χ3n) is 3.10. The van der Waals surface area contributed by atoms with Crippen LogP contribution in [-0.2, 0) is 9.59 Å². The van der Waals surface area contributed by atoms with E-state index in [-0.39, 0.29) is 25.8 Å². The van der Waals surface area contributed by atoms with Crippen molar-refractivity contribution in [3.63, 3.8) is 0 Å². The molecule has 1 atom stereocenters. The molecule has 0 bridgehead atoms. The molecule has 18 heavy (non-hydrogen) atoms. The van der Waals surface area contributed by atoms with Gasteiger partial charge in [-0.1, -0.05) is 6.08 Å². The Labute approximate surface area is 102 Å². The van der Waals surface area contributed by atoms with Crippen LogP contribution in [0.4, 0.5) is 13.2 Å². The van der Waals surface area contributed by atoms with Crippen LogP contribution >= 0.6 is 0 Å². The number of carbonyl (C=O) groups excluding carboxylic acids is 1. The largest absolute Gasteiger partial charge is 0.481 e. The van der Waals surface area contributed by atoms with Gasteiger partial charge >= 0.3 is 18.1 Å². The Morgan fingerprint density at radius 3 is 2.50 bits per heavy atom. The van der Waals surface area contributed by atoms with Crippen LogP contribution in [0.5, 0.6) is 0 Å². The third kappa shape index (κ3) is 2.83. The molecule has 7 heteroatoms. The fourth-order valence-corrected chi connectivity index (χ4v) is 2.19. The Balaban J connectivity index is 2.91. The van der Waals surface area contributed by atoms with Gasteiger partial charge in [-0.3, -0.25) is 9.59 Å². The Bertz CT molecular complexity index is 367. The molecule has 1 aliphatic rings. The highest BCUT2D eigenvalue weighted by molar-refractivity contribution is 5.83. The first kappa shape index (κ1) is 14.5. The van der Waals surface area contributed by atoms with Gasteiger partial charge in [0.2, 0.25) is 0 Å². The van der Waals surface area contributed by atoms with Gasteiger partial charge in [-0.2, -0.15) is 13.2 Å². The van der Waals surface area contributed by atoms with E-state index in [1.54, 1.807) is 0 Å². The van der Waals surface area contributed by atoms with E-state index in [2.05, 4.69) is 6.58 Å². The molecule has 1 amide bonds. The number of nitrogens with zero attached hydrogens (tertiary/aromatic N) is 1. The summed E-state index contributed by atoms with van der Waals surface area (Å²) < 4.78 is 36.9. The second-order valence-electron chi connectivity index (χ2n) is 4.41. The molecule has 1 heterocycles. The molecule has 0 radical (unpaired) electrons. The number of allylic oxidation sites excluding steroid dienone is 1. The van der Waals surface area contributed by atoms with Crippen LogP contribution in [0.3, 0.4) is 0 Å². The van der Waals surface area contributed by atoms with E-state index in [1.165, 1.54) is 6.08 Å². The number of piperidine rings is 1. The van der Waals surface area contributed by atoms with Gasteiger partial charge in [0.25, 0.3) is 0 Å². The van der Waals surface area contributed by atoms with Crippen LogP contribution in [0.2, 0.25) is 0 Å². The summed E-state index contributed by atoms with van der Waals surface area (Å²) in [4.78, 5) is 22.9. The van der Waals surface area contributed by atoms with Gasteiger partial charge in [-0.25, -0.2) is 0 Å². The van der Waals surface area contributed by atoms with Crippen molar-refractivity contribution >= 4 is 11.9 Å². The fraction of sp³-hybridized carbons (Fsp3) is 0.636. The first-order valence-electron chi connectivity index (χ1n) is 5.43. The second-order valence-corrected chi connectivity index (χ2v) is 4.41. The quantitative estimate of drug-likeness (QED) is 0.792. The Hall–Kier alpha value is -1.53. The third-order valence-corrected chi connectivity index (χ3v) is 3.10. The zero-order valence-corrected chi connectivity index (χ0v) is 9.66. The number of carbonyl (C=O) groups is 2. The van der Waals surface area contributed by atoms with Crippen molar-refractivity contribution in [2.45, 2.75) is 25.4 Å². The predicted octanol–water partition coefficient (Wildman–Crippen LogP) is 1.82. The average Bonchev–Trinajstić information content (AvgIpc) is 2.27. The summed E-state index contributed by atoms with van der Waals surface area (Å²) in [5.41, 5.74) is -1.35. The number of alkyl halides is 3. The molecule has 0 aromatic rings. The molecule has 0 saturated carbocycles. The summed E-state index contributed by atoms with van der Waals surface area (Å²) in [6, 6.07) is 0. The number of carboxylic acid groups (broad SMARTS) is 1. The van der Waals surface area contributed by atoms with Gasteiger partial charge in [0.05, 0.1) is 5.41 Å². The van der Waals surface area contributed by atoms with E-state index < -0.39 is 30.0 Å². The molecular formula is C11H14F3NO3. The lowest BCUT2D eigenvalue weighted by molar-refractivity contribution is -0.190. The zero-order valence-electron chi connectivity index (χ0n) is 9.66. The summed E-state index contributed by atoms with van der Waals surface area (Å²) >= 11 is 0. The molecule has 102 valence electrons. The number of carboxylic acids is 1. The number of halogens is 3. The van der Waals surface area contributed by atoms with Crippen molar-refractivity contribution in [2.75, 3.05) is 13.1 Å². The van der Waals surface area contributed by atoms with Gasteiger partial charge in [-0.05, 0) is 19.3 Å². The summed E-state index contributed by atoms with van der Waals surface area (Å²) in [6.45, 7) is 2.92. The highest BCUT2D eigenvalue weighted by atomic mass is 19.4. The standard InChI is InChI=1S/C11H14F3NO3/c1-2-4-10(9(17)18)5-3-6-15(7-10)8(16)11(12,13)14/h2H,1,3-7H2,(H,17,18). The predicted molar refractivity (Wildman–Crippen MR) is 56.8 cm³/mol. The molecule has 0 aliphatic carbocycles. The van der Waals surface area contributed by atoms with Crippen LogP contribution in [0.1, 0.15) is 19.3 Å². The number of likely N-dealkylation sites (tertiary alicyclic amines) is 1. The number of rotatable bonds is 3. The topological polar surface area (TPSA) is 57.6 Å². The van der Waals surface area contributed by atoms with Crippen LogP contribution in [0.15, 0.2) is 12.7 Å². The summed E-state index contributed by atoms with van der Waals surface area (Å²) in [6.07, 6.45) is -3.08. The van der Waals surface area contributed by atoms with Crippen molar-refractivity contribution in [2.24, 2.45) is 5.41 Å². The van der Waals surface area contributed by atoms with Crippen molar-refractivity contribution in [3.8, 4) is 0 Å². The van der Waals surface area contributed by atoms with E-state index in [4.69, 9.17) is 5.11 Å². The van der Waals surface area contributed by atoms with Crippen molar-refractivity contribution in [1.82, 2.24) is 4.90 Å². The zero-order chi connectivity index (χ0) is 14.0. The van der Waals surface area contributed by atoms with Crippen LogP contribution in [-0.4, -0.2) is 41.1 Å². The number of hydrogen-bond acceptors (Lipinski definition) is 2. The lowest BCUT2D eigenvalue weighted by atomic mass is 9.77. The minimum Gasteiger partial charge on any atom is -0.481 e. The summed E-state index contributed by atoms with van der Waals surface area (Å²) in [7, 11) is 0. The molecule has 1 saturated heterocycles. The van der Waals surface area contributed by atoms with Gasteiger partial charge in [0.15, 0.2) is 0 Å². The lowest BCUT2D eigenvalue weighted by Gasteiger charge is -2.39. The van der Waals surface area contributed by atoms with Crippen LogP contribution in [0.25, 0.3) is 0 Å². The SMILES string of the molecule is C=CCC1(C(=O)O)CCCN(C(=O)C(F)(F)F)C1. The molecule has 1 N–H and O–H groups in total. The van der Waals surface area contributed by atoms with Gasteiger partial charge in [0, 0.05) is 13.1 Å². The average molecular weight is 265 g/mol. The van der Waals surface area contributed by atoms with Gasteiger partial charge in [0.1, 0.15) is 0 Å². The molecular weight excluding hydrogens is 251 g/mol. The maximum Gasteiger partial charge on any atom is 0.471 e. The maximum atomic E-state index is 12.3. The van der Waals surface area contributed by atoms with E-state index in [0.29, 0.717) is 4.90 Å². The van der Waals surface area contributed by atoms with Crippen molar-refractivity contribution in [3.05, 3.63) is 12.7 Å². The summed E-state index contributed by atoms with van der Waals surface area (Å²) in [5.74, 6) is -3.17. The van der Waals surface area contributed by atoms with Gasteiger partial charge in [-0.15, -0.1) is 6.58 Å². The molecule has 4 nitrogen and oxygen atoms in total. The molecule has 1 unspecified atom stereocenters.